The fourth-order valence-electron chi connectivity index (χ4n) is 0.908. The average molecular weight is 170 g/mol. The Bertz CT molecular complexity index is 299. The van der Waals surface area contributed by atoms with Crippen LogP contribution in [0.2, 0.25) is 0 Å². The number of H-pyrrole nitrogens is 1. The first-order chi connectivity index (χ1) is 5.65. The molecule has 0 saturated heterocycles. The van der Waals surface area contributed by atoms with Crippen LogP contribution in [-0.4, -0.2) is 21.3 Å². The SMILES string of the molecule is CC(C)c1nn(CCN)c(=O)[nH]1. The standard InChI is InChI=1S/C7H14N4O/c1-5(2)6-9-7(12)11(10-6)4-3-8/h5H,3-4,8H2,1-2H3,(H,9,10,12). The van der Waals surface area contributed by atoms with Crippen LogP contribution in [0, 0.1) is 0 Å². The van der Waals surface area contributed by atoms with E-state index in [-0.39, 0.29) is 11.6 Å². The van der Waals surface area contributed by atoms with Gasteiger partial charge in [0.05, 0.1) is 6.54 Å². The Balaban J connectivity index is 2.93. The number of hydrogen-bond acceptors (Lipinski definition) is 3. The summed E-state index contributed by atoms with van der Waals surface area (Å²) in [5.41, 5.74) is 5.12. The van der Waals surface area contributed by atoms with Gasteiger partial charge in [0.25, 0.3) is 0 Å². The largest absolute Gasteiger partial charge is 0.343 e. The third-order valence-corrected chi connectivity index (χ3v) is 1.59. The van der Waals surface area contributed by atoms with Crippen LogP contribution in [-0.2, 0) is 6.54 Å². The molecule has 0 saturated carbocycles. The molecule has 3 N–H and O–H groups in total. The van der Waals surface area contributed by atoms with Crippen molar-refractivity contribution in [3.05, 3.63) is 16.3 Å². The van der Waals surface area contributed by atoms with E-state index in [9.17, 15) is 4.79 Å². The lowest BCUT2D eigenvalue weighted by molar-refractivity contribution is 0.591. The molecule has 0 aliphatic heterocycles. The van der Waals surface area contributed by atoms with Crippen LogP contribution in [0.15, 0.2) is 4.79 Å². The van der Waals surface area contributed by atoms with Crippen LogP contribution in [0.1, 0.15) is 25.6 Å². The Kier molecular flexibility index (Phi) is 2.65. The zero-order chi connectivity index (χ0) is 9.14. The summed E-state index contributed by atoms with van der Waals surface area (Å²) in [5, 5.41) is 4.07. The number of nitrogens with one attached hydrogen (secondary N) is 1. The fraction of sp³-hybridized carbons (Fsp3) is 0.714. The predicted molar refractivity (Wildman–Crippen MR) is 46.0 cm³/mol. The molecular weight excluding hydrogens is 156 g/mol. The van der Waals surface area contributed by atoms with Gasteiger partial charge in [-0.3, -0.25) is 4.98 Å². The van der Waals surface area contributed by atoms with Crippen molar-refractivity contribution in [3.63, 3.8) is 0 Å². The maximum Gasteiger partial charge on any atom is 0.343 e. The summed E-state index contributed by atoms with van der Waals surface area (Å²) < 4.78 is 1.36. The maximum absolute atomic E-state index is 11.1. The predicted octanol–water partition coefficient (Wildman–Crippen LogP) is -0.346. The quantitative estimate of drug-likeness (QED) is 0.651. The van der Waals surface area contributed by atoms with Crippen LogP contribution < -0.4 is 11.4 Å². The number of aromatic nitrogens is 3. The lowest BCUT2D eigenvalue weighted by atomic mass is 10.2. The molecule has 0 atom stereocenters. The van der Waals surface area contributed by atoms with Crippen LogP contribution in [0.25, 0.3) is 0 Å². The van der Waals surface area contributed by atoms with E-state index in [0.29, 0.717) is 18.9 Å². The van der Waals surface area contributed by atoms with E-state index in [1.807, 2.05) is 13.8 Å². The van der Waals surface area contributed by atoms with Gasteiger partial charge < -0.3 is 5.73 Å². The van der Waals surface area contributed by atoms with Crippen LogP contribution >= 0.6 is 0 Å². The molecule has 0 spiro atoms. The van der Waals surface area contributed by atoms with E-state index in [1.165, 1.54) is 4.68 Å². The smallest absolute Gasteiger partial charge is 0.329 e. The summed E-state index contributed by atoms with van der Waals surface area (Å²) in [6.45, 7) is 4.86. The van der Waals surface area contributed by atoms with Gasteiger partial charge in [-0.05, 0) is 0 Å². The number of rotatable bonds is 3. The number of nitrogens with zero attached hydrogens (tertiary/aromatic N) is 2. The molecule has 0 fully saturated rings. The third-order valence-electron chi connectivity index (χ3n) is 1.59. The minimum atomic E-state index is -0.177. The molecule has 1 aromatic rings. The Morgan fingerprint density at radius 3 is 2.75 bits per heavy atom. The number of hydrogen-bond donors (Lipinski definition) is 2. The number of aromatic amines is 1. The Morgan fingerprint density at radius 1 is 1.67 bits per heavy atom. The Morgan fingerprint density at radius 2 is 2.33 bits per heavy atom. The van der Waals surface area contributed by atoms with Crippen molar-refractivity contribution in [1.29, 1.82) is 0 Å². The van der Waals surface area contributed by atoms with Crippen molar-refractivity contribution in [2.24, 2.45) is 5.73 Å². The first kappa shape index (κ1) is 8.99. The van der Waals surface area contributed by atoms with Gasteiger partial charge in [-0.1, -0.05) is 13.8 Å². The van der Waals surface area contributed by atoms with Crippen LogP contribution in [0.3, 0.4) is 0 Å². The monoisotopic (exact) mass is 170 g/mol. The normalized spacial score (nSPS) is 11.0. The van der Waals surface area contributed by atoms with Gasteiger partial charge in [0.2, 0.25) is 0 Å². The first-order valence-corrected chi connectivity index (χ1v) is 4.02. The molecule has 0 radical (unpaired) electrons. The molecule has 1 rings (SSSR count). The van der Waals surface area contributed by atoms with Crippen molar-refractivity contribution in [3.8, 4) is 0 Å². The highest BCUT2D eigenvalue weighted by atomic mass is 16.1. The van der Waals surface area contributed by atoms with Crippen LogP contribution in [0.5, 0.6) is 0 Å². The van der Waals surface area contributed by atoms with Crippen molar-refractivity contribution in [2.45, 2.75) is 26.3 Å². The van der Waals surface area contributed by atoms with E-state index in [0.717, 1.165) is 0 Å². The van der Waals surface area contributed by atoms with E-state index >= 15 is 0 Å². The topological polar surface area (TPSA) is 76.7 Å². The minimum Gasteiger partial charge on any atom is -0.329 e. The summed E-state index contributed by atoms with van der Waals surface area (Å²) in [6.07, 6.45) is 0. The van der Waals surface area contributed by atoms with E-state index in [2.05, 4.69) is 10.1 Å². The molecule has 5 heteroatoms. The van der Waals surface area contributed by atoms with Crippen molar-refractivity contribution >= 4 is 0 Å². The highest BCUT2D eigenvalue weighted by Crippen LogP contribution is 2.04. The Hall–Kier alpha value is -1.10. The van der Waals surface area contributed by atoms with Gasteiger partial charge in [-0.2, -0.15) is 5.10 Å². The van der Waals surface area contributed by atoms with Gasteiger partial charge in [-0.25, -0.2) is 9.48 Å². The van der Waals surface area contributed by atoms with Crippen molar-refractivity contribution < 1.29 is 0 Å². The molecule has 0 aromatic carbocycles. The van der Waals surface area contributed by atoms with E-state index in [1.54, 1.807) is 0 Å². The number of nitrogens with two attached hydrogens (primary N) is 1. The molecule has 68 valence electrons. The second-order valence-electron chi connectivity index (χ2n) is 2.98. The van der Waals surface area contributed by atoms with Gasteiger partial charge >= 0.3 is 5.69 Å². The zero-order valence-electron chi connectivity index (χ0n) is 7.37. The van der Waals surface area contributed by atoms with Crippen LogP contribution in [0.4, 0.5) is 0 Å². The zero-order valence-corrected chi connectivity index (χ0v) is 7.37. The molecular formula is C7H14N4O. The lowest BCUT2D eigenvalue weighted by Crippen LogP contribution is -2.22. The molecule has 0 aliphatic rings. The second-order valence-corrected chi connectivity index (χ2v) is 2.98. The molecule has 5 nitrogen and oxygen atoms in total. The van der Waals surface area contributed by atoms with E-state index < -0.39 is 0 Å². The summed E-state index contributed by atoms with van der Waals surface area (Å²) >= 11 is 0. The molecule has 0 bridgehead atoms. The average Bonchev–Trinajstić information content (AvgIpc) is 2.34. The highest BCUT2D eigenvalue weighted by molar-refractivity contribution is 4.88. The maximum atomic E-state index is 11.1. The minimum absolute atomic E-state index is 0.177. The molecule has 1 aromatic heterocycles. The summed E-state index contributed by atoms with van der Waals surface area (Å²) in [7, 11) is 0. The van der Waals surface area contributed by atoms with E-state index in [4.69, 9.17) is 5.73 Å². The van der Waals surface area contributed by atoms with Crippen molar-refractivity contribution in [2.75, 3.05) is 6.54 Å². The Labute approximate surface area is 70.6 Å². The second kappa shape index (κ2) is 3.53. The van der Waals surface area contributed by atoms with Gasteiger partial charge in [0.15, 0.2) is 0 Å². The molecule has 1 heterocycles. The van der Waals surface area contributed by atoms with Gasteiger partial charge in [0, 0.05) is 12.5 Å². The fourth-order valence-corrected chi connectivity index (χ4v) is 0.908. The van der Waals surface area contributed by atoms with Gasteiger partial charge in [0.1, 0.15) is 5.82 Å². The van der Waals surface area contributed by atoms with Crippen molar-refractivity contribution in [1.82, 2.24) is 14.8 Å². The lowest BCUT2D eigenvalue weighted by Gasteiger charge is -1.96. The molecule has 12 heavy (non-hydrogen) atoms. The van der Waals surface area contributed by atoms with Gasteiger partial charge in [-0.15, -0.1) is 0 Å². The highest BCUT2D eigenvalue weighted by Gasteiger charge is 2.06. The molecule has 0 aliphatic carbocycles. The molecule has 0 amide bonds. The third kappa shape index (κ3) is 1.73. The summed E-state index contributed by atoms with van der Waals surface area (Å²) in [6, 6.07) is 0. The first-order valence-electron chi connectivity index (χ1n) is 4.02. The summed E-state index contributed by atoms with van der Waals surface area (Å²) in [4.78, 5) is 13.8. The summed E-state index contributed by atoms with van der Waals surface area (Å²) in [5.74, 6) is 0.963. The molecule has 0 unspecified atom stereocenters.